The molecule has 0 saturated carbocycles. The smallest absolute Gasteiger partial charge is 0.0151 e. The van der Waals surface area contributed by atoms with Gasteiger partial charge in [0.15, 0.2) is 0 Å². The highest BCUT2D eigenvalue weighted by Crippen LogP contribution is 2.20. The summed E-state index contributed by atoms with van der Waals surface area (Å²) in [7, 11) is 0. The third-order valence-electron chi connectivity index (χ3n) is 2.24. The van der Waals surface area contributed by atoms with Crippen molar-refractivity contribution < 1.29 is 0 Å². The Labute approximate surface area is 51.5 Å². The van der Waals surface area contributed by atoms with Gasteiger partial charge >= 0.3 is 0 Å². The maximum absolute atomic E-state index is 3.48. The monoisotopic (exact) mass is 113 g/mol. The van der Waals surface area contributed by atoms with Crippen LogP contribution in [0.3, 0.4) is 0 Å². The topological polar surface area (TPSA) is 12.0 Å². The van der Waals surface area contributed by atoms with E-state index in [0.29, 0.717) is 5.54 Å². The lowest BCUT2D eigenvalue weighted by molar-refractivity contribution is 0.401. The van der Waals surface area contributed by atoms with E-state index in [-0.39, 0.29) is 0 Å². The highest BCUT2D eigenvalue weighted by molar-refractivity contribution is 4.86. The third-order valence-corrected chi connectivity index (χ3v) is 2.24. The molecule has 0 aromatic heterocycles. The van der Waals surface area contributed by atoms with Crippen LogP contribution < -0.4 is 5.32 Å². The molecule has 1 atom stereocenters. The van der Waals surface area contributed by atoms with E-state index in [0.717, 1.165) is 0 Å². The second-order valence-corrected chi connectivity index (χ2v) is 2.94. The molecule has 1 aliphatic heterocycles. The molecular weight excluding hydrogens is 98.1 g/mol. The zero-order valence-electron chi connectivity index (χ0n) is 5.83. The fraction of sp³-hybridized carbons (Fsp3) is 1.00. The van der Waals surface area contributed by atoms with Gasteiger partial charge in [-0.1, -0.05) is 6.92 Å². The van der Waals surface area contributed by atoms with Gasteiger partial charge in [-0.2, -0.15) is 0 Å². The first-order chi connectivity index (χ1) is 3.77. The molecule has 1 saturated heterocycles. The molecule has 1 heteroatoms. The van der Waals surface area contributed by atoms with Crippen molar-refractivity contribution >= 4 is 0 Å². The highest BCUT2D eigenvalue weighted by Gasteiger charge is 2.24. The van der Waals surface area contributed by atoms with E-state index in [9.17, 15) is 0 Å². The van der Waals surface area contributed by atoms with E-state index < -0.39 is 0 Å². The van der Waals surface area contributed by atoms with Gasteiger partial charge in [0, 0.05) is 5.54 Å². The van der Waals surface area contributed by atoms with Crippen LogP contribution in [0.2, 0.25) is 0 Å². The standard InChI is InChI=1S/C7H15N/c1-3-7(2)5-4-6-8-7/h8H,3-6H2,1-2H3/t7-/m1/s1. The Bertz CT molecular complexity index is 72.5. The van der Waals surface area contributed by atoms with Crippen molar-refractivity contribution in [1.29, 1.82) is 0 Å². The molecular formula is C7H15N. The molecule has 0 aromatic rings. The molecule has 0 amide bonds. The maximum Gasteiger partial charge on any atom is 0.0151 e. The fourth-order valence-electron chi connectivity index (χ4n) is 1.26. The second-order valence-electron chi connectivity index (χ2n) is 2.94. The van der Waals surface area contributed by atoms with Crippen LogP contribution in [0.15, 0.2) is 0 Å². The first-order valence-corrected chi connectivity index (χ1v) is 3.52. The van der Waals surface area contributed by atoms with E-state index in [1.165, 1.54) is 25.8 Å². The molecule has 1 rings (SSSR count). The van der Waals surface area contributed by atoms with Crippen molar-refractivity contribution in [1.82, 2.24) is 5.32 Å². The van der Waals surface area contributed by atoms with Gasteiger partial charge in [-0.25, -0.2) is 0 Å². The van der Waals surface area contributed by atoms with Crippen molar-refractivity contribution in [2.75, 3.05) is 6.54 Å². The molecule has 1 heterocycles. The lowest BCUT2D eigenvalue weighted by atomic mass is 9.98. The largest absolute Gasteiger partial charge is 0.312 e. The van der Waals surface area contributed by atoms with E-state index in [1.54, 1.807) is 0 Å². The Morgan fingerprint density at radius 3 is 2.62 bits per heavy atom. The molecule has 1 N–H and O–H groups in total. The summed E-state index contributed by atoms with van der Waals surface area (Å²) in [6.45, 7) is 5.78. The van der Waals surface area contributed by atoms with Gasteiger partial charge in [0.2, 0.25) is 0 Å². The summed E-state index contributed by atoms with van der Waals surface area (Å²) in [5.74, 6) is 0. The number of rotatable bonds is 1. The first-order valence-electron chi connectivity index (χ1n) is 3.52. The zero-order valence-corrected chi connectivity index (χ0v) is 5.83. The molecule has 0 radical (unpaired) electrons. The van der Waals surface area contributed by atoms with Crippen molar-refractivity contribution in [3.63, 3.8) is 0 Å². The Morgan fingerprint density at radius 2 is 2.38 bits per heavy atom. The number of hydrogen-bond donors (Lipinski definition) is 1. The molecule has 0 aliphatic carbocycles. The first kappa shape index (κ1) is 6.09. The van der Waals surface area contributed by atoms with Gasteiger partial charge < -0.3 is 5.32 Å². The van der Waals surface area contributed by atoms with Gasteiger partial charge in [0.1, 0.15) is 0 Å². The fourth-order valence-corrected chi connectivity index (χ4v) is 1.26. The molecule has 1 nitrogen and oxygen atoms in total. The molecule has 1 fully saturated rings. The molecule has 0 bridgehead atoms. The molecule has 0 spiro atoms. The van der Waals surface area contributed by atoms with Crippen LogP contribution in [0.5, 0.6) is 0 Å². The summed E-state index contributed by atoms with van der Waals surface area (Å²) in [6.07, 6.45) is 4.00. The molecule has 48 valence electrons. The minimum absolute atomic E-state index is 0.486. The van der Waals surface area contributed by atoms with Gasteiger partial charge in [0.05, 0.1) is 0 Å². The molecule has 1 aliphatic rings. The maximum atomic E-state index is 3.48. The second kappa shape index (κ2) is 2.06. The summed E-state index contributed by atoms with van der Waals surface area (Å²) in [5.41, 5.74) is 0.486. The lowest BCUT2D eigenvalue weighted by Gasteiger charge is -2.21. The van der Waals surface area contributed by atoms with E-state index in [4.69, 9.17) is 0 Å². The van der Waals surface area contributed by atoms with Crippen molar-refractivity contribution in [2.45, 2.75) is 38.6 Å². The third kappa shape index (κ3) is 1.03. The van der Waals surface area contributed by atoms with Crippen LogP contribution in [0.25, 0.3) is 0 Å². The normalized spacial score (nSPS) is 38.2. The quantitative estimate of drug-likeness (QED) is 0.544. The summed E-state index contributed by atoms with van der Waals surface area (Å²) in [6, 6.07) is 0. The van der Waals surface area contributed by atoms with Crippen LogP contribution in [0.4, 0.5) is 0 Å². The van der Waals surface area contributed by atoms with E-state index in [2.05, 4.69) is 19.2 Å². The molecule has 0 unspecified atom stereocenters. The van der Waals surface area contributed by atoms with Gasteiger partial charge in [0.25, 0.3) is 0 Å². The predicted octanol–water partition coefficient (Wildman–Crippen LogP) is 1.54. The van der Waals surface area contributed by atoms with E-state index in [1.807, 2.05) is 0 Å². The van der Waals surface area contributed by atoms with E-state index >= 15 is 0 Å². The molecule has 8 heavy (non-hydrogen) atoms. The van der Waals surface area contributed by atoms with Crippen molar-refractivity contribution in [3.05, 3.63) is 0 Å². The van der Waals surface area contributed by atoms with Crippen LogP contribution >= 0.6 is 0 Å². The van der Waals surface area contributed by atoms with Gasteiger partial charge in [-0.15, -0.1) is 0 Å². The Hall–Kier alpha value is -0.0400. The minimum atomic E-state index is 0.486. The Kier molecular flexibility index (Phi) is 1.57. The van der Waals surface area contributed by atoms with Crippen LogP contribution in [0, 0.1) is 0 Å². The zero-order chi connectivity index (χ0) is 6.04. The average molecular weight is 113 g/mol. The highest BCUT2D eigenvalue weighted by atomic mass is 15.0. The molecule has 0 aromatic carbocycles. The van der Waals surface area contributed by atoms with Crippen molar-refractivity contribution in [2.24, 2.45) is 0 Å². The lowest BCUT2D eigenvalue weighted by Crippen LogP contribution is -2.34. The summed E-state index contributed by atoms with van der Waals surface area (Å²) in [4.78, 5) is 0. The Balaban J connectivity index is 2.40. The summed E-state index contributed by atoms with van der Waals surface area (Å²) in [5, 5.41) is 3.48. The van der Waals surface area contributed by atoms with Crippen LogP contribution in [0.1, 0.15) is 33.1 Å². The number of nitrogens with one attached hydrogen (secondary N) is 1. The SMILES string of the molecule is CC[C@]1(C)CCCN1. The average Bonchev–Trinajstić information content (AvgIpc) is 2.17. The predicted molar refractivity (Wildman–Crippen MR) is 35.9 cm³/mol. The van der Waals surface area contributed by atoms with Crippen LogP contribution in [-0.4, -0.2) is 12.1 Å². The van der Waals surface area contributed by atoms with Crippen molar-refractivity contribution in [3.8, 4) is 0 Å². The minimum Gasteiger partial charge on any atom is -0.312 e. The summed E-state index contributed by atoms with van der Waals surface area (Å²) >= 11 is 0. The van der Waals surface area contributed by atoms with Gasteiger partial charge in [-0.3, -0.25) is 0 Å². The summed E-state index contributed by atoms with van der Waals surface area (Å²) < 4.78 is 0. The van der Waals surface area contributed by atoms with Crippen LogP contribution in [-0.2, 0) is 0 Å². The Morgan fingerprint density at radius 1 is 1.62 bits per heavy atom. The number of hydrogen-bond acceptors (Lipinski definition) is 1. The van der Waals surface area contributed by atoms with Gasteiger partial charge in [-0.05, 0) is 32.7 Å².